The zero-order chi connectivity index (χ0) is 22.3. The number of carboxylic acid groups (broad SMARTS) is 1. The fourth-order valence-electron chi connectivity index (χ4n) is 4.04. The summed E-state index contributed by atoms with van der Waals surface area (Å²) in [6.45, 7) is 4.82. The second-order valence-corrected chi connectivity index (χ2v) is 8.35. The topological polar surface area (TPSA) is 99.3 Å². The molecule has 0 unspecified atom stereocenters. The molecule has 1 saturated heterocycles. The highest BCUT2D eigenvalue weighted by Crippen LogP contribution is 2.24. The fourth-order valence-corrected chi connectivity index (χ4v) is 4.04. The number of piperidine rings is 1. The minimum atomic E-state index is -1.06. The van der Waals surface area contributed by atoms with Crippen LogP contribution in [-0.2, 0) is 6.42 Å². The Labute approximate surface area is 188 Å². The molecule has 7 nitrogen and oxygen atoms in total. The zero-order valence-corrected chi connectivity index (χ0v) is 18.4. The van der Waals surface area contributed by atoms with Crippen LogP contribution in [0.25, 0.3) is 0 Å². The molecule has 0 atom stereocenters. The van der Waals surface area contributed by atoms with Gasteiger partial charge in [-0.1, -0.05) is 24.3 Å². The van der Waals surface area contributed by atoms with Gasteiger partial charge in [-0.15, -0.1) is 0 Å². The van der Waals surface area contributed by atoms with Crippen LogP contribution in [0.15, 0.2) is 48.5 Å². The largest absolute Gasteiger partial charge is 0.494 e. The minimum Gasteiger partial charge on any atom is -0.494 e. The molecule has 1 aromatic heterocycles. The number of H-pyrrole nitrogens is 1. The van der Waals surface area contributed by atoms with Crippen molar-refractivity contribution in [2.24, 2.45) is 5.92 Å². The number of carbonyl (C=O) groups is 1. The van der Waals surface area contributed by atoms with Crippen molar-refractivity contribution in [1.82, 2.24) is 15.5 Å². The third-order valence-electron chi connectivity index (χ3n) is 5.96. The standard InChI is InChI=1S/C25H30N4O3/c1-17-23(24(25(30)31)29-28-17)27-21-6-2-19(3-7-21)16-20-4-8-22(9-5-20)32-15-12-18-10-13-26-14-11-18/h2-9,18,26-27H,10-16H2,1H3,(H,28,29)(H,30,31). The average molecular weight is 435 g/mol. The van der Waals surface area contributed by atoms with Crippen molar-refractivity contribution < 1.29 is 14.6 Å². The molecule has 1 aliphatic rings. The lowest BCUT2D eigenvalue weighted by Gasteiger charge is -2.22. The van der Waals surface area contributed by atoms with E-state index in [9.17, 15) is 9.90 Å². The van der Waals surface area contributed by atoms with Gasteiger partial charge in [0.25, 0.3) is 0 Å². The Morgan fingerprint density at radius 3 is 2.41 bits per heavy atom. The molecular weight excluding hydrogens is 404 g/mol. The van der Waals surface area contributed by atoms with Crippen molar-refractivity contribution in [3.63, 3.8) is 0 Å². The summed E-state index contributed by atoms with van der Waals surface area (Å²) in [5.41, 5.74) is 4.38. The number of aromatic nitrogens is 2. The lowest BCUT2D eigenvalue weighted by atomic mass is 9.95. The summed E-state index contributed by atoms with van der Waals surface area (Å²) >= 11 is 0. The summed E-state index contributed by atoms with van der Waals surface area (Å²) < 4.78 is 5.94. The first-order valence-electron chi connectivity index (χ1n) is 11.1. The molecule has 0 bridgehead atoms. The first-order chi connectivity index (χ1) is 15.6. The van der Waals surface area contributed by atoms with Crippen molar-refractivity contribution in [3.8, 4) is 5.75 Å². The maximum absolute atomic E-state index is 11.3. The average Bonchev–Trinajstić information content (AvgIpc) is 3.17. The summed E-state index contributed by atoms with van der Waals surface area (Å²) in [6, 6.07) is 16.3. The van der Waals surface area contributed by atoms with Gasteiger partial charge < -0.3 is 20.5 Å². The predicted molar refractivity (Wildman–Crippen MR) is 125 cm³/mol. The molecule has 1 fully saturated rings. The molecule has 3 aromatic rings. The number of carboxylic acids is 1. The number of aromatic carboxylic acids is 1. The number of aryl methyl sites for hydroxylation is 1. The number of anilines is 2. The van der Waals surface area contributed by atoms with E-state index in [0.29, 0.717) is 11.4 Å². The molecule has 0 radical (unpaired) electrons. The van der Waals surface area contributed by atoms with Crippen molar-refractivity contribution in [2.75, 3.05) is 25.0 Å². The molecule has 4 N–H and O–H groups in total. The van der Waals surface area contributed by atoms with Crippen LogP contribution in [0.5, 0.6) is 5.75 Å². The smallest absolute Gasteiger partial charge is 0.358 e. The number of rotatable bonds is 9. The van der Waals surface area contributed by atoms with E-state index in [0.717, 1.165) is 49.9 Å². The Morgan fingerprint density at radius 2 is 1.75 bits per heavy atom. The summed E-state index contributed by atoms with van der Waals surface area (Å²) in [5, 5.41) is 22.4. The van der Waals surface area contributed by atoms with Crippen LogP contribution < -0.4 is 15.4 Å². The first-order valence-corrected chi connectivity index (χ1v) is 11.1. The van der Waals surface area contributed by atoms with Crippen LogP contribution in [0.2, 0.25) is 0 Å². The normalized spacial score (nSPS) is 14.3. The van der Waals surface area contributed by atoms with Gasteiger partial charge in [-0.05, 0) is 87.0 Å². The third kappa shape index (κ3) is 5.68. The van der Waals surface area contributed by atoms with E-state index >= 15 is 0 Å². The number of nitrogens with zero attached hydrogens (tertiary/aromatic N) is 1. The Balaban J connectivity index is 1.29. The number of ether oxygens (including phenoxy) is 1. The molecule has 0 aliphatic carbocycles. The molecule has 1 aliphatic heterocycles. The molecule has 2 aromatic carbocycles. The number of nitrogens with one attached hydrogen (secondary N) is 3. The van der Waals surface area contributed by atoms with Crippen LogP contribution in [0.1, 0.15) is 46.6 Å². The van der Waals surface area contributed by atoms with Crippen molar-refractivity contribution in [2.45, 2.75) is 32.6 Å². The highest BCUT2D eigenvalue weighted by atomic mass is 16.5. The van der Waals surface area contributed by atoms with Crippen LogP contribution in [-0.4, -0.2) is 41.0 Å². The van der Waals surface area contributed by atoms with Gasteiger partial charge >= 0.3 is 5.97 Å². The van der Waals surface area contributed by atoms with Crippen molar-refractivity contribution in [3.05, 3.63) is 71.0 Å². The maximum atomic E-state index is 11.3. The molecule has 0 spiro atoms. The van der Waals surface area contributed by atoms with Gasteiger partial charge in [0.05, 0.1) is 18.0 Å². The van der Waals surface area contributed by atoms with Crippen LogP contribution in [0.4, 0.5) is 11.4 Å². The molecule has 0 saturated carbocycles. The van der Waals surface area contributed by atoms with E-state index in [-0.39, 0.29) is 5.69 Å². The highest BCUT2D eigenvalue weighted by Gasteiger charge is 2.17. The summed E-state index contributed by atoms with van der Waals surface area (Å²) in [7, 11) is 0. The maximum Gasteiger partial charge on any atom is 0.358 e. The monoisotopic (exact) mass is 434 g/mol. The van der Waals surface area contributed by atoms with E-state index < -0.39 is 5.97 Å². The number of hydrogen-bond donors (Lipinski definition) is 4. The van der Waals surface area contributed by atoms with Gasteiger partial charge in [-0.2, -0.15) is 5.10 Å². The van der Waals surface area contributed by atoms with Crippen LogP contribution >= 0.6 is 0 Å². The Morgan fingerprint density at radius 1 is 1.09 bits per heavy atom. The summed E-state index contributed by atoms with van der Waals surface area (Å²) in [5.74, 6) is 0.639. The van der Waals surface area contributed by atoms with Gasteiger partial charge in [-0.3, -0.25) is 5.10 Å². The number of aromatic amines is 1. The van der Waals surface area contributed by atoms with E-state index in [2.05, 4.69) is 33.0 Å². The van der Waals surface area contributed by atoms with E-state index in [4.69, 9.17) is 4.74 Å². The van der Waals surface area contributed by atoms with Crippen molar-refractivity contribution in [1.29, 1.82) is 0 Å². The lowest BCUT2D eigenvalue weighted by Crippen LogP contribution is -2.28. The molecule has 168 valence electrons. The van der Waals surface area contributed by atoms with Crippen LogP contribution in [0.3, 0.4) is 0 Å². The fraction of sp³-hybridized carbons (Fsp3) is 0.360. The van der Waals surface area contributed by atoms with Gasteiger partial charge in [0.15, 0.2) is 5.69 Å². The highest BCUT2D eigenvalue weighted by molar-refractivity contribution is 5.93. The molecule has 2 heterocycles. The van der Waals surface area contributed by atoms with Crippen LogP contribution in [0, 0.1) is 12.8 Å². The second kappa shape index (κ2) is 10.3. The van der Waals surface area contributed by atoms with Crippen molar-refractivity contribution >= 4 is 17.3 Å². The Bertz CT molecular complexity index is 1020. The molecular formula is C25H30N4O3. The van der Waals surface area contributed by atoms with E-state index in [1.165, 1.54) is 24.0 Å². The van der Waals surface area contributed by atoms with E-state index in [1.807, 2.05) is 36.4 Å². The number of hydrogen-bond acceptors (Lipinski definition) is 5. The molecule has 4 rings (SSSR count). The van der Waals surface area contributed by atoms with Gasteiger partial charge in [0.2, 0.25) is 0 Å². The van der Waals surface area contributed by atoms with E-state index in [1.54, 1.807) is 6.92 Å². The predicted octanol–water partition coefficient (Wildman–Crippen LogP) is 4.52. The zero-order valence-electron chi connectivity index (χ0n) is 18.4. The molecule has 32 heavy (non-hydrogen) atoms. The molecule has 0 amide bonds. The first kappa shape index (κ1) is 21.9. The Kier molecular flexibility index (Phi) is 7.07. The summed E-state index contributed by atoms with van der Waals surface area (Å²) in [4.78, 5) is 11.3. The minimum absolute atomic E-state index is 0.00960. The molecule has 7 heteroatoms. The summed E-state index contributed by atoms with van der Waals surface area (Å²) in [6.07, 6.45) is 4.44. The third-order valence-corrected chi connectivity index (χ3v) is 5.96. The number of benzene rings is 2. The lowest BCUT2D eigenvalue weighted by molar-refractivity contribution is 0.0691. The van der Waals surface area contributed by atoms with Gasteiger partial charge in [-0.25, -0.2) is 4.79 Å². The Hall–Kier alpha value is -3.32. The van der Waals surface area contributed by atoms with Gasteiger partial charge in [0, 0.05) is 5.69 Å². The second-order valence-electron chi connectivity index (χ2n) is 8.35. The quantitative estimate of drug-likeness (QED) is 0.395. The van der Waals surface area contributed by atoms with Gasteiger partial charge in [0.1, 0.15) is 5.75 Å². The SMILES string of the molecule is Cc1[nH]nc(C(=O)O)c1Nc1ccc(Cc2ccc(OCCC3CCNCC3)cc2)cc1.